The molecule has 0 bridgehead atoms. The third kappa shape index (κ3) is 6.48. The Balaban J connectivity index is 1.36. The largest absolute Gasteiger partial charge is 0.457 e. The molecule has 0 aliphatic carbocycles. The number of hydrogen-bond acceptors (Lipinski definition) is 8. The van der Waals surface area contributed by atoms with Crippen LogP contribution in [0, 0.1) is 11.3 Å². The van der Waals surface area contributed by atoms with Crippen LogP contribution in [0.3, 0.4) is 0 Å². The van der Waals surface area contributed by atoms with Crippen LogP contribution in [0.5, 0.6) is 11.5 Å². The van der Waals surface area contributed by atoms with Gasteiger partial charge >= 0.3 is 5.97 Å². The molecule has 0 amide bonds. The van der Waals surface area contributed by atoms with Crippen molar-refractivity contribution in [3.8, 4) is 22.6 Å². The molecule has 35 heavy (non-hydrogen) atoms. The second-order valence-electron chi connectivity index (χ2n) is 9.80. The average Bonchev–Trinajstić information content (AvgIpc) is 2.84. The Morgan fingerprint density at radius 2 is 1.69 bits per heavy atom. The van der Waals surface area contributed by atoms with Crippen LogP contribution in [0.25, 0.3) is 11.1 Å². The van der Waals surface area contributed by atoms with Crippen molar-refractivity contribution >= 4 is 17.6 Å². The van der Waals surface area contributed by atoms with E-state index in [0.717, 1.165) is 55.1 Å². The highest BCUT2D eigenvalue weighted by atomic mass is 16.7. The van der Waals surface area contributed by atoms with Crippen molar-refractivity contribution in [2.45, 2.75) is 33.6 Å². The van der Waals surface area contributed by atoms with Crippen molar-refractivity contribution in [2.75, 3.05) is 30.7 Å². The number of nitrogens with zero attached hydrogens (tertiary/aromatic N) is 3. The minimum atomic E-state index is -0.506. The fraction of sp³-hybridized carbons (Fsp3) is 0.370. The van der Waals surface area contributed by atoms with E-state index < -0.39 is 5.41 Å². The van der Waals surface area contributed by atoms with E-state index in [1.807, 2.05) is 75.4 Å². The van der Waals surface area contributed by atoms with Crippen LogP contribution in [0.4, 0.5) is 11.6 Å². The lowest BCUT2D eigenvalue weighted by molar-refractivity contribution is -0.205. The predicted molar refractivity (Wildman–Crippen MR) is 137 cm³/mol. The Morgan fingerprint density at radius 1 is 1.03 bits per heavy atom. The van der Waals surface area contributed by atoms with Crippen LogP contribution < -0.4 is 15.8 Å². The summed E-state index contributed by atoms with van der Waals surface area (Å²) in [6.45, 7) is 7.77. The smallest absolute Gasteiger partial charge is 0.330 e. The highest BCUT2D eigenvalue weighted by Gasteiger charge is 2.28. The Labute approximate surface area is 206 Å². The zero-order valence-corrected chi connectivity index (χ0v) is 20.5. The van der Waals surface area contributed by atoms with E-state index in [1.165, 1.54) is 6.33 Å². The van der Waals surface area contributed by atoms with Gasteiger partial charge in [-0.05, 0) is 69.4 Å². The number of nitrogen functional groups attached to an aromatic ring is 1. The number of benzene rings is 2. The SMILES string of the molecule is CC(C)(C)C(=O)ON1CCC(CNc2ncnc(N)c2-c2ccc(Oc3ccccc3)cc2)CC1. The van der Waals surface area contributed by atoms with Crippen molar-refractivity contribution in [3.63, 3.8) is 0 Å². The topological polar surface area (TPSA) is 103 Å². The second-order valence-corrected chi connectivity index (χ2v) is 9.80. The summed E-state index contributed by atoms with van der Waals surface area (Å²) in [5.74, 6) is 2.88. The summed E-state index contributed by atoms with van der Waals surface area (Å²) in [5.41, 5.74) is 7.42. The van der Waals surface area contributed by atoms with Crippen LogP contribution in [-0.4, -0.2) is 40.6 Å². The lowest BCUT2D eigenvalue weighted by atomic mass is 9.97. The molecule has 0 radical (unpaired) electrons. The van der Waals surface area contributed by atoms with Gasteiger partial charge in [0.1, 0.15) is 29.5 Å². The average molecular weight is 476 g/mol. The van der Waals surface area contributed by atoms with E-state index >= 15 is 0 Å². The molecular weight excluding hydrogens is 442 g/mol. The summed E-state index contributed by atoms with van der Waals surface area (Å²) >= 11 is 0. The normalized spacial score (nSPS) is 14.9. The number of aromatic nitrogens is 2. The van der Waals surface area contributed by atoms with Crippen LogP contribution >= 0.6 is 0 Å². The number of hydroxylamine groups is 2. The number of para-hydroxylation sites is 1. The molecule has 1 aliphatic rings. The van der Waals surface area contributed by atoms with Gasteiger partial charge in [0.2, 0.25) is 0 Å². The van der Waals surface area contributed by atoms with Crippen molar-refractivity contribution in [3.05, 3.63) is 60.9 Å². The number of carbonyl (C=O) groups is 1. The summed E-state index contributed by atoms with van der Waals surface area (Å²) in [6.07, 6.45) is 3.32. The van der Waals surface area contributed by atoms with Gasteiger partial charge in [-0.15, -0.1) is 5.06 Å². The number of carbonyl (C=O) groups excluding carboxylic acids is 1. The number of ether oxygens (including phenoxy) is 1. The second kappa shape index (κ2) is 10.7. The lowest BCUT2D eigenvalue weighted by Crippen LogP contribution is -2.40. The van der Waals surface area contributed by atoms with Gasteiger partial charge in [-0.1, -0.05) is 30.3 Å². The van der Waals surface area contributed by atoms with E-state index in [-0.39, 0.29) is 5.97 Å². The molecule has 1 saturated heterocycles. The molecule has 0 atom stereocenters. The van der Waals surface area contributed by atoms with Gasteiger partial charge in [0.05, 0.1) is 11.0 Å². The number of hydrogen-bond donors (Lipinski definition) is 2. The number of nitrogens with one attached hydrogen (secondary N) is 1. The first-order valence-electron chi connectivity index (χ1n) is 11.9. The maximum atomic E-state index is 12.1. The fourth-order valence-electron chi connectivity index (χ4n) is 3.83. The first-order valence-corrected chi connectivity index (χ1v) is 11.9. The van der Waals surface area contributed by atoms with E-state index in [9.17, 15) is 4.79 Å². The van der Waals surface area contributed by atoms with Crippen molar-refractivity contribution in [2.24, 2.45) is 11.3 Å². The maximum Gasteiger partial charge on any atom is 0.330 e. The Morgan fingerprint density at radius 3 is 2.34 bits per heavy atom. The van der Waals surface area contributed by atoms with Gasteiger partial charge in [-0.25, -0.2) is 14.8 Å². The van der Waals surface area contributed by atoms with Gasteiger partial charge in [-0.2, -0.15) is 0 Å². The molecule has 8 heteroatoms. The Hall–Kier alpha value is -3.65. The predicted octanol–water partition coefficient (Wildman–Crippen LogP) is 5.15. The van der Waals surface area contributed by atoms with Crippen LogP contribution in [0.1, 0.15) is 33.6 Å². The zero-order valence-electron chi connectivity index (χ0n) is 20.5. The third-order valence-corrected chi connectivity index (χ3v) is 5.95. The summed E-state index contributed by atoms with van der Waals surface area (Å²) in [4.78, 5) is 26.3. The molecule has 3 N–H and O–H groups in total. The highest BCUT2D eigenvalue weighted by molar-refractivity contribution is 5.83. The van der Waals surface area contributed by atoms with Crippen molar-refractivity contribution in [1.82, 2.24) is 15.0 Å². The van der Waals surface area contributed by atoms with Gasteiger partial charge in [-0.3, -0.25) is 0 Å². The molecule has 0 saturated carbocycles. The van der Waals surface area contributed by atoms with E-state index in [1.54, 1.807) is 5.06 Å². The maximum absolute atomic E-state index is 12.1. The summed E-state index contributed by atoms with van der Waals surface area (Å²) < 4.78 is 5.89. The van der Waals surface area contributed by atoms with Crippen LogP contribution in [0.2, 0.25) is 0 Å². The molecule has 0 spiro atoms. The molecule has 8 nitrogen and oxygen atoms in total. The molecule has 3 aromatic rings. The lowest BCUT2D eigenvalue weighted by Gasteiger charge is -2.32. The van der Waals surface area contributed by atoms with Gasteiger partial charge < -0.3 is 20.6 Å². The van der Waals surface area contributed by atoms with E-state index in [4.69, 9.17) is 15.3 Å². The van der Waals surface area contributed by atoms with Gasteiger partial charge in [0.25, 0.3) is 0 Å². The monoisotopic (exact) mass is 475 g/mol. The molecule has 4 rings (SSSR count). The number of nitrogens with two attached hydrogens (primary N) is 1. The molecule has 1 aromatic heterocycles. The molecule has 0 unspecified atom stereocenters. The molecule has 2 aromatic carbocycles. The van der Waals surface area contributed by atoms with E-state index in [0.29, 0.717) is 17.6 Å². The van der Waals surface area contributed by atoms with Gasteiger partial charge in [0.15, 0.2) is 0 Å². The molecule has 1 aliphatic heterocycles. The van der Waals surface area contributed by atoms with Crippen LogP contribution in [-0.2, 0) is 9.63 Å². The third-order valence-electron chi connectivity index (χ3n) is 5.95. The zero-order chi connectivity index (χ0) is 24.8. The Bertz CT molecular complexity index is 1120. The first kappa shape index (κ1) is 24.5. The van der Waals surface area contributed by atoms with Crippen molar-refractivity contribution in [1.29, 1.82) is 0 Å². The Kier molecular flexibility index (Phi) is 7.51. The fourth-order valence-corrected chi connectivity index (χ4v) is 3.83. The van der Waals surface area contributed by atoms with Crippen LogP contribution in [0.15, 0.2) is 60.9 Å². The van der Waals surface area contributed by atoms with E-state index in [2.05, 4.69) is 15.3 Å². The summed E-state index contributed by atoms with van der Waals surface area (Å²) in [6, 6.07) is 17.4. The molecule has 184 valence electrons. The first-order chi connectivity index (χ1) is 16.8. The highest BCUT2D eigenvalue weighted by Crippen LogP contribution is 2.33. The molecular formula is C27H33N5O3. The summed E-state index contributed by atoms with van der Waals surface area (Å²) in [7, 11) is 0. The number of anilines is 2. The quantitative estimate of drug-likeness (QED) is 0.484. The standard InChI is InChI=1S/C27H33N5O3/c1-27(2,3)26(33)35-32-15-13-19(14-16-32)17-29-25-23(24(28)30-18-31-25)20-9-11-22(12-10-20)34-21-7-5-4-6-8-21/h4-12,18-19H,13-17H2,1-3H3,(H3,28,29,30,31). The van der Waals surface area contributed by atoms with Gasteiger partial charge in [0, 0.05) is 19.6 Å². The minimum absolute atomic E-state index is 0.199. The summed E-state index contributed by atoms with van der Waals surface area (Å²) in [5, 5.41) is 5.24. The molecule has 2 heterocycles. The minimum Gasteiger partial charge on any atom is -0.457 e. The molecule has 1 fully saturated rings. The van der Waals surface area contributed by atoms with Crippen molar-refractivity contribution < 1.29 is 14.4 Å². The number of rotatable bonds is 7. The number of piperidine rings is 1.